The average Bonchev–Trinajstić information content (AvgIpc) is 3.30. The summed E-state index contributed by atoms with van der Waals surface area (Å²) in [5.74, 6) is 0.703. The molecular formula is C33H24O. The molecule has 0 saturated carbocycles. The largest absolute Gasteiger partial charge is 0.507 e. The molecule has 3 aliphatic carbocycles. The molecule has 1 N–H and O–H groups in total. The van der Waals surface area contributed by atoms with Gasteiger partial charge in [-0.25, -0.2) is 0 Å². The van der Waals surface area contributed by atoms with E-state index in [4.69, 9.17) is 0 Å². The molecular weight excluding hydrogens is 412 g/mol. The zero-order valence-electron chi connectivity index (χ0n) is 19.3. The molecule has 8 rings (SSSR count). The number of rotatable bonds is 0. The Morgan fingerprint density at radius 1 is 0.794 bits per heavy atom. The minimum absolute atomic E-state index is 0.296. The van der Waals surface area contributed by atoms with E-state index >= 15 is 0 Å². The quantitative estimate of drug-likeness (QED) is 0.260. The maximum atomic E-state index is 11.4. The summed E-state index contributed by atoms with van der Waals surface area (Å²) in [5, 5.41) is 16.2. The van der Waals surface area contributed by atoms with Gasteiger partial charge in [0, 0.05) is 11.3 Å². The zero-order valence-corrected chi connectivity index (χ0v) is 19.3. The molecule has 3 aliphatic rings. The number of phenolic OH excluding ortho intramolecular Hbond substituents is 1. The molecule has 1 heteroatoms. The third-order valence-corrected chi connectivity index (χ3v) is 8.65. The summed E-state index contributed by atoms with van der Waals surface area (Å²) in [5.41, 5.74) is 11.6. The van der Waals surface area contributed by atoms with Crippen molar-refractivity contribution in [3.05, 3.63) is 118 Å². The molecule has 5 aromatic carbocycles. The molecule has 1 spiro atoms. The van der Waals surface area contributed by atoms with Crippen LogP contribution in [0.15, 0.2) is 78.9 Å². The van der Waals surface area contributed by atoms with Crippen LogP contribution in [0.4, 0.5) is 0 Å². The van der Waals surface area contributed by atoms with Gasteiger partial charge in [-0.15, -0.1) is 0 Å². The lowest BCUT2D eigenvalue weighted by atomic mass is 9.64. The standard InChI is InChI=1S/C33H24O/c1-18-9-13-22-24(15-18)29(34)17-28-32(22)23-14-10-19(2)16-27(23)33(28)25-7-3-5-20-11-12-21-6-4-8-26(33)31(21)30(20)25/h3-7,9-17,26,34H,8H2,1-2H3. The van der Waals surface area contributed by atoms with Gasteiger partial charge < -0.3 is 5.11 Å². The van der Waals surface area contributed by atoms with Crippen molar-refractivity contribution in [2.75, 3.05) is 0 Å². The highest BCUT2D eigenvalue weighted by atomic mass is 16.3. The minimum Gasteiger partial charge on any atom is -0.507 e. The predicted molar refractivity (Wildman–Crippen MR) is 141 cm³/mol. The van der Waals surface area contributed by atoms with Gasteiger partial charge in [-0.05, 0) is 87.5 Å². The maximum Gasteiger partial charge on any atom is 0.123 e. The van der Waals surface area contributed by atoms with Gasteiger partial charge in [-0.2, -0.15) is 0 Å². The van der Waals surface area contributed by atoms with Crippen molar-refractivity contribution in [3.63, 3.8) is 0 Å². The van der Waals surface area contributed by atoms with Crippen molar-refractivity contribution in [2.45, 2.75) is 31.6 Å². The van der Waals surface area contributed by atoms with Crippen molar-refractivity contribution < 1.29 is 5.11 Å². The van der Waals surface area contributed by atoms with E-state index in [0.717, 1.165) is 17.2 Å². The van der Waals surface area contributed by atoms with E-state index in [9.17, 15) is 5.11 Å². The maximum absolute atomic E-state index is 11.4. The van der Waals surface area contributed by atoms with Gasteiger partial charge in [0.1, 0.15) is 5.75 Å². The van der Waals surface area contributed by atoms with Crippen molar-refractivity contribution in [2.24, 2.45) is 0 Å². The van der Waals surface area contributed by atoms with E-state index < -0.39 is 0 Å². The van der Waals surface area contributed by atoms with Gasteiger partial charge in [0.25, 0.3) is 0 Å². The molecule has 0 fully saturated rings. The molecule has 162 valence electrons. The van der Waals surface area contributed by atoms with Crippen molar-refractivity contribution in [1.29, 1.82) is 0 Å². The van der Waals surface area contributed by atoms with E-state index in [-0.39, 0.29) is 5.41 Å². The zero-order chi connectivity index (χ0) is 22.8. The predicted octanol–water partition coefficient (Wildman–Crippen LogP) is 8.14. The summed E-state index contributed by atoms with van der Waals surface area (Å²) in [6, 6.07) is 26.9. The molecule has 2 unspecified atom stereocenters. The second kappa shape index (κ2) is 5.98. The van der Waals surface area contributed by atoms with E-state index in [1.54, 1.807) is 0 Å². The highest BCUT2D eigenvalue weighted by molar-refractivity contribution is 6.09. The number of aromatic hydroxyl groups is 1. The first-order valence-electron chi connectivity index (χ1n) is 12.2. The molecule has 1 nitrogen and oxygen atoms in total. The molecule has 0 radical (unpaired) electrons. The number of fused-ring (bicyclic) bond motifs is 9. The molecule has 0 aliphatic heterocycles. The first-order chi connectivity index (χ1) is 16.6. The Balaban J connectivity index is 1.62. The van der Waals surface area contributed by atoms with Crippen LogP contribution in [0, 0.1) is 13.8 Å². The average molecular weight is 437 g/mol. The normalized spacial score (nSPS) is 20.9. The summed E-state index contributed by atoms with van der Waals surface area (Å²) >= 11 is 0. The number of aryl methyl sites for hydroxylation is 2. The van der Waals surface area contributed by atoms with Gasteiger partial charge in [-0.1, -0.05) is 83.9 Å². The van der Waals surface area contributed by atoms with Crippen LogP contribution in [0.1, 0.15) is 51.3 Å². The van der Waals surface area contributed by atoms with Gasteiger partial charge in [0.05, 0.1) is 5.41 Å². The molecule has 0 heterocycles. The fraction of sp³-hybridized carbons (Fsp3) is 0.152. The van der Waals surface area contributed by atoms with Crippen molar-refractivity contribution >= 4 is 27.6 Å². The van der Waals surface area contributed by atoms with Crippen LogP contribution in [-0.2, 0) is 5.41 Å². The summed E-state index contributed by atoms with van der Waals surface area (Å²) in [4.78, 5) is 0. The second-order valence-corrected chi connectivity index (χ2v) is 10.4. The second-order valence-electron chi connectivity index (χ2n) is 10.4. The monoisotopic (exact) mass is 436 g/mol. The molecule has 5 aromatic rings. The fourth-order valence-electron chi connectivity index (χ4n) is 7.44. The lowest BCUT2D eigenvalue weighted by Gasteiger charge is -2.37. The third-order valence-electron chi connectivity index (χ3n) is 8.65. The molecule has 0 amide bonds. The molecule has 34 heavy (non-hydrogen) atoms. The lowest BCUT2D eigenvalue weighted by Crippen LogP contribution is -2.31. The summed E-state index contributed by atoms with van der Waals surface area (Å²) in [7, 11) is 0. The van der Waals surface area contributed by atoms with Crippen LogP contribution in [0.25, 0.3) is 38.7 Å². The number of allylic oxidation sites excluding steroid dienone is 1. The van der Waals surface area contributed by atoms with E-state index in [0.29, 0.717) is 11.7 Å². The van der Waals surface area contributed by atoms with Gasteiger partial charge in [-0.3, -0.25) is 0 Å². The minimum atomic E-state index is -0.296. The highest BCUT2D eigenvalue weighted by Gasteiger charge is 2.56. The van der Waals surface area contributed by atoms with Crippen LogP contribution >= 0.6 is 0 Å². The van der Waals surface area contributed by atoms with Crippen LogP contribution in [0.2, 0.25) is 0 Å². The van der Waals surface area contributed by atoms with Crippen molar-refractivity contribution in [1.82, 2.24) is 0 Å². The number of benzene rings is 5. The van der Waals surface area contributed by atoms with Gasteiger partial charge >= 0.3 is 0 Å². The fourth-order valence-corrected chi connectivity index (χ4v) is 7.44. The summed E-state index contributed by atoms with van der Waals surface area (Å²) in [6.45, 7) is 4.29. The molecule has 2 atom stereocenters. The first-order valence-corrected chi connectivity index (χ1v) is 12.2. The van der Waals surface area contributed by atoms with E-state index in [1.165, 1.54) is 60.8 Å². The first kappa shape index (κ1) is 18.6. The van der Waals surface area contributed by atoms with E-state index in [2.05, 4.69) is 98.8 Å². The number of hydrogen-bond donors (Lipinski definition) is 1. The summed E-state index contributed by atoms with van der Waals surface area (Å²) < 4.78 is 0. The van der Waals surface area contributed by atoms with Crippen molar-refractivity contribution in [3.8, 4) is 16.9 Å². The van der Waals surface area contributed by atoms with Crippen LogP contribution in [0.3, 0.4) is 0 Å². The van der Waals surface area contributed by atoms with E-state index in [1.807, 2.05) is 0 Å². The van der Waals surface area contributed by atoms with Crippen LogP contribution in [-0.4, -0.2) is 5.11 Å². The molecule has 0 saturated heterocycles. The summed E-state index contributed by atoms with van der Waals surface area (Å²) in [6.07, 6.45) is 5.65. The van der Waals surface area contributed by atoms with Crippen LogP contribution < -0.4 is 0 Å². The topological polar surface area (TPSA) is 20.2 Å². The molecule has 0 aromatic heterocycles. The Bertz CT molecular complexity index is 1770. The number of phenols is 1. The Labute approximate surface area is 199 Å². The Morgan fingerprint density at radius 3 is 2.56 bits per heavy atom. The Morgan fingerprint density at radius 2 is 1.65 bits per heavy atom. The smallest absolute Gasteiger partial charge is 0.123 e. The van der Waals surface area contributed by atoms with Crippen LogP contribution in [0.5, 0.6) is 5.75 Å². The number of hydrogen-bond acceptors (Lipinski definition) is 1. The van der Waals surface area contributed by atoms with Gasteiger partial charge in [0.2, 0.25) is 0 Å². The Kier molecular flexibility index (Phi) is 3.27. The van der Waals surface area contributed by atoms with Gasteiger partial charge in [0.15, 0.2) is 0 Å². The third kappa shape index (κ3) is 1.95. The SMILES string of the molecule is Cc1ccc2c(c1)C1(c3cc(O)c4cc(C)ccc4c3-2)c2cccc3ccc4c(c23)C1CC=C4. The molecule has 0 bridgehead atoms. The lowest BCUT2D eigenvalue weighted by molar-refractivity contribution is 0.474. The Hall–Kier alpha value is -3.84. The highest BCUT2D eigenvalue weighted by Crippen LogP contribution is 2.67.